The van der Waals surface area contributed by atoms with Gasteiger partial charge in [-0.3, -0.25) is 4.79 Å². The lowest BCUT2D eigenvalue weighted by molar-refractivity contribution is -0.131. The molecule has 0 unspecified atom stereocenters. The summed E-state index contributed by atoms with van der Waals surface area (Å²) in [6.45, 7) is -0.161. The number of cyclic esters (lactones) is 1. The van der Waals surface area contributed by atoms with E-state index in [-0.39, 0.29) is 13.2 Å². The van der Waals surface area contributed by atoms with Crippen LogP contribution in [-0.2, 0) is 20.0 Å². The Labute approximate surface area is 165 Å². The summed E-state index contributed by atoms with van der Waals surface area (Å²) in [5.41, 5.74) is 1.38. The van der Waals surface area contributed by atoms with Crippen LogP contribution in [0.15, 0.2) is 53.4 Å². The third-order valence-corrected chi connectivity index (χ3v) is 5.13. The maximum absolute atomic E-state index is 12.0. The number of imide groups is 1. The number of nitrogens with zero attached hydrogens (tertiary/aromatic N) is 1. The van der Waals surface area contributed by atoms with Gasteiger partial charge in [0.15, 0.2) is 6.61 Å². The van der Waals surface area contributed by atoms with E-state index < -0.39 is 24.6 Å². The average molecular weight is 406 g/mol. The molecule has 140 valence electrons. The van der Waals surface area contributed by atoms with Crippen molar-refractivity contribution in [1.29, 1.82) is 0 Å². The lowest BCUT2D eigenvalue weighted by atomic mass is 10.1. The summed E-state index contributed by atoms with van der Waals surface area (Å²) in [5.74, 6) is -0.471. The van der Waals surface area contributed by atoms with Gasteiger partial charge in [-0.25, -0.2) is 14.5 Å². The molecule has 27 heavy (non-hydrogen) atoms. The topological polar surface area (TPSA) is 72.9 Å². The third kappa shape index (κ3) is 5.24. The predicted molar refractivity (Wildman–Crippen MR) is 101 cm³/mol. The van der Waals surface area contributed by atoms with Crippen molar-refractivity contribution in [3.63, 3.8) is 0 Å². The number of amides is 2. The van der Waals surface area contributed by atoms with Crippen LogP contribution in [0, 0.1) is 0 Å². The van der Waals surface area contributed by atoms with Crippen LogP contribution in [0.2, 0.25) is 5.02 Å². The fraction of sp³-hybridized carbons (Fsp3) is 0.211. The van der Waals surface area contributed by atoms with E-state index >= 15 is 0 Å². The molecule has 0 N–H and O–H groups in total. The molecule has 1 saturated heterocycles. The van der Waals surface area contributed by atoms with Gasteiger partial charge in [-0.05, 0) is 42.0 Å². The molecule has 1 aliphatic heterocycles. The Morgan fingerprint density at radius 1 is 1.11 bits per heavy atom. The number of carbonyl (C=O) groups excluding carboxylic acids is 3. The molecule has 1 heterocycles. The van der Waals surface area contributed by atoms with E-state index in [4.69, 9.17) is 16.3 Å². The molecule has 0 bridgehead atoms. The van der Waals surface area contributed by atoms with Gasteiger partial charge in [0.2, 0.25) is 0 Å². The van der Waals surface area contributed by atoms with Gasteiger partial charge in [0.25, 0.3) is 5.91 Å². The van der Waals surface area contributed by atoms with Crippen LogP contribution in [0.4, 0.5) is 4.79 Å². The van der Waals surface area contributed by atoms with Crippen molar-refractivity contribution in [2.45, 2.75) is 10.6 Å². The normalized spacial score (nSPS) is 13.4. The zero-order valence-corrected chi connectivity index (χ0v) is 15.8. The molecular weight excluding hydrogens is 390 g/mol. The summed E-state index contributed by atoms with van der Waals surface area (Å²) in [6, 6.07) is 14.5. The molecule has 2 aromatic rings. The number of rotatable bonds is 6. The standard InChI is InChI=1S/C19H16ClNO5S/c20-15-5-7-16(8-6-15)27-12-13-1-3-14(4-2-13)18(23)26-11-17(22)21-9-10-25-19(21)24/h1-8H,9-12H2. The van der Waals surface area contributed by atoms with Crippen LogP contribution in [-0.4, -0.2) is 42.6 Å². The van der Waals surface area contributed by atoms with Gasteiger partial charge in [-0.1, -0.05) is 23.7 Å². The number of esters is 1. The van der Waals surface area contributed by atoms with E-state index in [0.29, 0.717) is 10.6 Å². The van der Waals surface area contributed by atoms with Gasteiger partial charge in [0, 0.05) is 15.7 Å². The number of halogens is 1. The zero-order chi connectivity index (χ0) is 19.2. The Morgan fingerprint density at radius 3 is 2.44 bits per heavy atom. The van der Waals surface area contributed by atoms with E-state index in [1.165, 1.54) is 0 Å². The molecule has 0 aliphatic carbocycles. The summed E-state index contributed by atoms with van der Waals surface area (Å²) >= 11 is 7.52. The molecule has 0 spiro atoms. The lowest BCUT2D eigenvalue weighted by Gasteiger charge is -2.11. The number of hydrogen-bond donors (Lipinski definition) is 0. The molecule has 3 rings (SSSR count). The highest BCUT2D eigenvalue weighted by Gasteiger charge is 2.29. The smallest absolute Gasteiger partial charge is 0.416 e. The summed E-state index contributed by atoms with van der Waals surface area (Å²) in [6.07, 6.45) is -0.710. The molecule has 0 radical (unpaired) electrons. The number of thioether (sulfide) groups is 1. The van der Waals surface area contributed by atoms with Crippen LogP contribution in [0.3, 0.4) is 0 Å². The van der Waals surface area contributed by atoms with Crippen molar-refractivity contribution in [3.05, 3.63) is 64.7 Å². The average Bonchev–Trinajstić information content (AvgIpc) is 3.12. The van der Waals surface area contributed by atoms with E-state index in [1.807, 2.05) is 36.4 Å². The number of carbonyl (C=O) groups is 3. The monoisotopic (exact) mass is 405 g/mol. The van der Waals surface area contributed by atoms with Crippen molar-refractivity contribution in [2.75, 3.05) is 19.8 Å². The van der Waals surface area contributed by atoms with Crippen LogP contribution < -0.4 is 0 Å². The Hall–Kier alpha value is -2.51. The van der Waals surface area contributed by atoms with E-state index in [0.717, 1.165) is 21.1 Å². The van der Waals surface area contributed by atoms with Crippen molar-refractivity contribution >= 4 is 41.3 Å². The zero-order valence-electron chi connectivity index (χ0n) is 14.2. The van der Waals surface area contributed by atoms with Gasteiger partial charge in [-0.2, -0.15) is 0 Å². The third-order valence-electron chi connectivity index (χ3n) is 3.80. The Morgan fingerprint density at radius 2 is 1.81 bits per heavy atom. The fourth-order valence-electron chi connectivity index (χ4n) is 2.34. The van der Waals surface area contributed by atoms with E-state index in [1.54, 1.807) is 23.9 Å². The minimum absolute atomic E-state index is 0.161. The molecule has 0 aromatic heterocycles. The van der Waals surface area contributed by atoms with Crippen LogP contribution in [0.1, 0.15) is 15.9 Å². The second-order valence-electron chi connectivity index (χ2n) is 5.68. The first-order valence-corrected chi connectivity index (χ1v) is 9.51. The van der Waals surface area contributed by atoms with Crippen molar-refractivity contribution in [3.8, 4) is 0 Å². The Kier molecular flexibility index (Phi) is 6.36. The highest BCUT2D eigenvalue weighted by molar-refractivity contribution is 7.98. The second-order valence-corrected chi connectivity index (χ2v) is 7.16. The second kappa shape index (κ2) is 8.92. The molecule has 1 aliphatic rings. The molecule has 2 aromatic carbocycles. The van der Waals surface area contributed by atoms with Gasteiger partial charge in [0.05, 0.1) is 12.1 Å². The maximum atomic E-state index is 12.0. The van der Waals surface area contributed by atoms with Crippen LogP contribution >= 0.6 is 23.4 Å². The predicted octanol–water partition coefficient (Wildman–Crippen LogP) is 3.77. The highest BCUT2D eigenvalue weighted by Crippen LogP contribution is 2.24. The van der Waals surface area contributed by atoms with Crippen molar-refractivity contribution < 1.29 is 23.9 Å². The number of hydrogen-bond acceptors (Lipinski definition) is 6. The minimum Gasteiger partial charge on any atom is -0.452 e. The highest BCUT2D eigenvalue weighted by atomic mass is 35.5. The van der Waals surface area contributed by atoms with Gasteiger partial charge in [-0.15, -0.1) is 11.8 Å². The number of ether oxygens (including phenoxy) is 2. The first-order chi connectivity index (χ1) is 13.0. The number of benzene rings is 2. The molecule has 6 nitrogen and oxygen atoms in total. The van der Waals surface area contributed by atoms with Crippen LogP contribution in [0.5, 0.6) is 0 Å². The Bertz CT molecular complexity index is 838. The van der Waals surface area contributed by atoms with Crippen molar-refractivity contribution in [1.82, 2.24) is 4.90 Å². The summed E-state index contributed by atoms with van der Waals surface area (Å²) < 4.78 is 9.64. The molecule has 1 fully saturated rings. The van der Waals surface area contributed by atoms with Gasteiger partial charge < -0.3 is 9.47 Å². The van der Waals surface area contributed by atoms with Gasteiger partial charge >= 0.3 is 12.1 Å². The van der Waals surface area contributed by atoms with Crippen LogP contribution in [0.25, 0.3) is 0 Å². The largest absolute Gasteiger partial charge is 0.452 e. The van der Waals surface area contributed by atoms with E-state index in [2.05, 4.69) is 4.74 Å². The first kappa shape index (κ1) is 19.3. The molecule has 0 atom stereocenters. The SMILES string of the molecule is O=C(OCC(=O)N1CCOC1=O)c1ccc(CSc2ccc(Cl)cc2)cc1. The molecule has 8 heteroatoms. The Balaban J connectivity index is 1.48. The fourth-order valence-corrected chi connectivity index (χ4v) is 3.32. The maximum Gasteiger partial charge on any atom is 0.416 e. The summed E-state index contributed by atoms with van der Waals surface area (Å²) in [7, 11) is 0. The first-order valence-electron chi connectivity index (χ1n) is 8.14. The summed E-state index contributed by atoms with van der Waals surface area (Å²) in [4.78, 5) is 37.2. The quantitative estimate of drug-likeness (QED) is 0.538. The van der Waals surface area contributed by atoms with Crippen molar-refractivity contribution in [2.24, 2.45) is 0 Å². The van der Waals surface area contributed by atoms with E-state index in [9.17, 15) is 14.4 Å². The molecule has 2 amide bonds. The lowest BCUT2D eigenvalue weighted by Crippen LogP contribution is -2.35. The summed E-state index contributed by atoms with van der Waals surface area (Å²) in [5, 5.41) is 0.697. The molecular formula is C19H16ClNO5S. The molecule has 0 saturated carbocycles. The van der Waals surface area contributed by atoms with Gasteiger partial charge in [0.1, 0.15) is 6.61 Å². The minimum atomic E-state index is -0.710.